The summed E-state index contributed by atoms with van der Waals surface area (Å²) < 4.78 is 2.12. The van der Waals surface area contributed by atoms with Crippen molar-refractivity contribution in [1.29, 1.82) is 0 Å². The van der Waals surface area contributed by atoms with Crippen LogP contribution >= 0.6 is 0 Å². The van der Waals surface area contributed by atoms with Crippen molar-refractivity contribution in [3.8, 4) is 0 Å². The molecule has 0 aliphatic carbocycles. The lowest BCUT2D eigenvalue weighted by molar-refractivity contribution is 0.0913. The molecule has 0 spiro atoms. The van der Waals surface area contributed by atoms with Crippen LogP contribution in [0.3, 0.4) is 0 Å². The largest absolute Gasteiger partial charge is 0.349 e. The third kappa shape index (κ3) is 1.43. The molecule has 0 fully saturated rings. The van der Waals surface area contributed by atoms with E-state index in [4.69, 9.17) is 0 Å². The first-order chi connectivity index (χ1) is 6.72. The molecule has 76 valence electrons. The van der Waals surface area contributed by atoms with Crippen molar-refractivity contribution >= 4 is 5.91 Å². The van der Waals surface area contributed by atoms with Crippen molar-refractivity contribution in [2.75, 3.05) is 6.54 Å². The van der Waals surface area contributed by atoms with Crippen molar-refractivity contribution in [1.82, 2.24) is 9.88 Å². The summed E-state index contributed by atoms with van der Waals surface area (Å²) in [6.45, 7) is 4.97. The Bertz CT molecular complexity index is 354. The van der Waals surface area contributed by atoms with Gasteiger partial charge in [0.2, 0.25) is 0 Å². The highest BCUT2D eigenvalue weighted by Crippen LogP contribution is 2.22. The van der Waals surface area contributed by atoms with Gasteiger partial charge in [0, 0.05) is 12.7 Å². The molecule has 1 aromatic rings. The topological polar surface area (TPSA) is 34.0 Å². The number of amides is 1. The molecule has 1 aliphatic rings. The van der Waals surface area contributed by atoms with Crippen LogP contribution in [0, 0.1) is 6.92 Å². The van der Waals surface area contributed by atoms with Gasteiger partial charge in [-0.1, -0.05) is 13.3 Å². The van der Waals surface area contributed by atoms with Gasteiger partial charge in [-0.25, -0.2) is 0 Å². The number of hydrogen-bond acceptors (Lipinski definition) is 1. The summed E-state index contributed by atoms with van der Waals surface area (Å²) in [4.78, 5) is 11.5. The third-order valence-corrected chi connectivity index (χ3v) is 2.73. The van der Waals surface area contributed by atoms with E-state index in [2.05, 4.69) is 23.0 Å². The number of aromatic nitrogens is 1. The van der Waals surface area contributed by atoms with E-state index >= 15 is 0 Å². The Morgan fingerprint density at radius 3 is 3.14 bits per heavy atom. The van der Waals surface area contributed by atoms with Crippen LogP contribution in [-0.2, 0) is 0 Å². The summed E-state index contributed by atoms with van der Waals surface area (Å²) >= 11 is 0. The van der Waals surface area contributed by atoms with E-state index in [1.165, 1.54) is 0 Å². The summed E-state index contributed by atoms with van der Waals surface area (Å²) in [6.07, 6.45) is 4.35. The molecule has 0 radical (unpaired) electrons. The molecule has 2 rings (SSSR count). The van der Waals surface area contributed by atoms with E-state index in [1.807, 2.05) is 13.0 Å². The Kier molecular flexibility index (Phi) is 2.32. The van der Waals surface area contributed by atoms with Crippen LogP contribution in [0.25, 0.3) is 0 Å². The molecule has 1 unspecified atom stereocenters. The fourth-order valence-corrected chi connectivity index (χ4v) is 2.08. The number of carbonyl (C=O) groups is 1. The van der Waals surface area contributed by atoms with Crippen molar-refractivity contribution in [3.63, 3.8) is 0 Å². The predicted molar refractivity (Wildman–Crippen MR) is 55.4 cm³/mol. The molecule has 0 saturated heterocycles. The molecule has 1 N–H and O–H groups in total. The maximum Gasteiger partial charge on any atom is 0.267 e. The maximum absolute atomic E-state index is 11.5. The SMILES string of the molecule is CCCC1CNC(=O)c2cc(C)cn21. The smallest absolute Gasteiger partial charge is 0.267 e. The molecule has 1 amide bonds. The van der Waals surface area contributed by atoms with Crippen molar-refractivity contribution < 1.29 is 4.79 Å². The minimum atomic E-state index is 0.0606. The normalized spacial score (nSPS) is 20.4. The molecule has 0 saturated carbocycles. The molecule has 0 aromatic carbocycles. The number of nitrogens with zero attached hydrogens (tertiary/aromatic N) is 1. The Labute approximate surface area is 84.1 Å². The summed E-state index contributed by atoms with van der Waals surface area (Å²) in [5.41, 5.74) is 1.98. The van der Waals surface area contributed by atoms with E-state index in [1.54, 1.807) is 0 Å². The van der Waals surface area contributed by atoms with Crippen LogP contribution in [0.15, 0.2) is 12.3 Å². The second-order valence-corrected chi connectivity index (χ2v) is 3.96. The first-order valence-electron chi connectivity index (χ1n) is 5.19. The van der Waals surface area contributed by atoms with Crippen LogP contribution in [-0.4, -0.2) is 17.0 Å². The zero-order chi connectivity index (χ0) is 10.1. The number of hydrogen-bond donors (Lipinski definition) is 1. The van der Waals surface area contributed by atoms with E-state index < -0.39 is 0 Å². The Hall–Kier alpha value is -1.25. The lowest BCUT2D eigenvalue weighted by atomic mass is 10.1. The first kappa shape index (κ1) is 9.31. The molecular formula is C11H16N2O. The van der Waals surface area contributed by atoms with Crippen LogP contribution in [0.5, 0.6) is 0 Å². The van der Waals surface area contributed by atoms with Gasteiger partial charge < -0.3 is 9.88 Å². The first-order valence-corrected chi connectivity index (χ1v) is 5.19. The van der Waals surface area contributed by atoms with Gasteiger partial charge in [-0.2, -0.15) is 0 Å². The van der Waals surface area contributed by atoms with Gasteiger partial charge >= 0.3 is 0 Å². The van der Waals surface area contributed by atoms with Crippen LogP contribution < -0.4 is 5.32 Å². The fraction of sp³-hybridized carbons (Fsp3) is 0.545. The van der Waals surface area contributed by atoms with Crippen molar-refractivity contribution in [2.45, 2.75) is 32.7 Å². The van der Waals surface area contributed by atoms with E-state index in [9.17, 15) is 4.79 Å². The van der Waals surface area contributed by atoms with E-state index in [0.29, 0.717) is 6.04 Å². The highest BCUT2D eigenvalue weighted by molar-refractivity contribution is 5.93. The third-order valence-electron chi connectivity index (χ3n) is 2.73. The standard InChI is InChI=1S/C11H16N2O/c1-3-4-9-6-12-11(14)10-5-8(2)7-13(9)10/h5,7,9H,3-4,6H2,1-2H3,(H,12,14). The lowest BCUT2D eigenvalue weighted by Gasteiger charge is -2.26. The van der Waals surface area contributed by atoms with Gasteiger partial charge in [-0.3, -0.25) is 4.79 Å². The second-order valence-electron chi connectivity index (χ2n) is 3.96. The van der Waals surface area contributed by atoms with Gasteiger partial charge in [-0.05, 0) is 25.0 Å². The number of rotatable bonds is 2. The van der Waals surface area contributed by atoms with Crippen molar-refractivity contribution in [2.24, 2.45) is 0 Å². The zero-order valence-corrected chi connectivity index (χ0v) is 8.71. The predicted octanol–water partition coefficient (Wildman–Crippen LogP) is 1.88. The Morgan fingerprint density at radius 2 is 2.43 bits per heavy atom. The minimum absolute atomic E-state index is 0.0606. The summed E-state index contributed by atoms with van der Waals surface area (Å²) in [6, 6.07) is 2.40. The number of fused-ring (bicyclic) bond motifs is 1. The van der Waals surface area contributed by atoms with E-state index in [-0.39, 0.29) is 5.91 Å². The highest BCUT2D eigenvalue weighted by atomic mass is 16.2. The quantitative estimate of drug-likeness (QED) is 0.762. The van der Waals surface area contributed by atoms with Gasteiger partial charge in [0.1, 0.15) is 5.69 Å². The molecule has 0 bridgehead atoms. The highest BCUT2D eigenvalue weighted by Gasteiger charge is 2.23. The maximum atomic E-state index is 11.5. The number of carbonyl (C=O) groups excluding carboxylic acids is 1. The molecule has 1 aromatic heterocycles. The van der Waals surface area contributed by atoms with Crippen molar-refractivity contribution in [3.05, 3.63) is 23.5 Å². The molecule has 14 heavy (non-hydrogen) atoms. The van der Waals surface area contributed by atoms with Crippen LogP contribution in [0.4, 0.5) is 0 Å². The molecule has 2 heterocycles. The Balaban J connectivity index is 2.36. The minimum Gasteiger partial charge on any atom is -0.349 e. The average Bonchev–Trinajstić information content (AvgIpc) is 2.53. The molecule has 3 nitrogen and oxygen atoms in total. The molecule has 1 atom stereocenters. The van der Waals surface area contributed by atoms with Crippen LogP contribution in [0.1, 0.15) is 41.9 Å². The number of nitrogens with one attached hydrogen (secondary N) is 1. The molecule has 3 heteroatoms. The second kappa shape index (κ2) is 3.48. The molecular weight excluding hydrogens is 176 g/mol. The summed E-state index contributed by atoms with van der Waals surface area (Å²) in [5, 5.41) is 2.93. The average molecular weight is 192 g/mol. The lowest BCUT2D eigenvalue weighted by Crippen LogP contribution is -2.38. The fourth-order valence-electron chi connectivity index (χ4n) is 2.08. The van der Waals surface area contributed by atoms with Gasteiger partial charge in [-0.15, -0.1) is 0 Å². The van der Waals surface area contributed by atoms with Gasteiger partial charge in [0.15, 0.2) is 0 Å². The van der Waals surface area contributed by atoms with Crippen LogP contribution in [0.2, 0.25) is 0 Å². The van der Waals surface area contributed by atoms with Gasteiger partial charge in [0.05, 0.1) is 6.04 Å². The monoisotopic (exact) mass is 192 g/mol. The van der Waals surface area contributed by atoms with E-state index in [0.717, 1.165) is 30.6 Å². The summed E-state index contributed by atoms with van der Waals surface area (Å²) in [7, 11) is 0. The summed E-state index contributed by atoms with van der Waals surface area (Å²) in [5.74, 6) is 0.0606. The van der Waals surface area contributed by atoms with Gasteiger partial charge in [0.25, 0.3) is 5.91 Å². The zero-order valence-electron chi connectivity index (χ0n) is 8.71. The number of aryl methyl sites for hydroxylation is 1. The molecule has 1 aliphatic heterocycles. The Morgan fingerprint density at radius 1 is 1.64 bits per heavy atom.